The first-order valence-electron chi connectivity index (χ1n) is 3.63. The van der Waals surface area contributed by atoms with Gasteiger partial charge in [0.15, 0.2) is 0 Å². The summed E-state index contributed by atoms with van der Waals surface area (Å²) < 4.78 is 0. The summed E-state index contributed by atoms with van der Waals surface area (Å²) in [5.41, 5.74) is 0. The van der Waals surface area contributed by atoms with E-state index in [0.717, 1.165) is 6.42 Å². The Kier molecular flexibility index (Phi) is 2.12. The van der Waals surface area contributed by atoms with E-state index in [4.69, 9.17) is 0 Å². The zero-order valence-electron chi connectivity index (χ0n) is 6.37. The molecule has 4 nitrogen and oxygen atoms in total. The number of carboxylic acids is 1. The quantitative estimate of drug-likeness (QED) is 0.501. The van der Waals surface area contributed by atoms with Crippen molar-refractivity contribution in [3.63, 3.8) is 0 Å². The highest BCUT2D eigenvalue weighted by molar-refractivity contribution is 5.83. The summed E-state index contributed by atoms with van der Waals surface area (Å²) in [5.74, 6) is -1.26. The van der Waals surface area contributed by atoms with E-state index in [9.17, 15) is 14.7 Å². The van der Waals surface area contributed by atoms with Gasteiger partial charge in [0.2, 0.25) is 5.91 Å². The lowest BCUT2D eigenvalue weighted by molar-refractivity contribution is -0.310. The van der Waals surface area contributed by atoms with E-state index in [-0.39, 0.29) is 5.91 Å². The van der Waals surface area contributed by atoms with Crippen LogP contribution in [0.5, 0.6) is 0 Å². The maximum Gasteiger partial charge on any atom is 0.223 e. The number of carboxylic acid groups (broad SMARTS) is 1. The zero-order chi connectivity index (χ0) is 8.43. The molecule has 1 aliphatic heterocycles. The first-order valence-corrected chi connectivity index (χ1v) is 3.63. The van der Waals surface area contributed by atoms with Gasteiger partial charge in [-0.15, -0.1) is 0 Å². The van der Waals surface area contributed by atoms with E-state index < -0.39 is 12.0 Å². The van der Waals surface area contributed by atoms with E-state index in [0.29, 0.717) is 13.0 Å². The van der Waals surface area contributed by atoms with Gasteiger partial charge in [-0.1, -0.05) is 0 Å². The average Bonchev–Trinajstić information content (AvgIpc) is 2.33. The Balaban J connectivity index is 2.59. The highest BCUT2D eigenvalue weighted by Gasteiger charge is 2.25. The second-order valence-corrected chi connectivity index (χ2v) is 2.69. The smallest absolute Gasteiger partial charge is 0.223 e. The summed E-state index contributed by atoms with van der Waals surface area (Å²) in [6.45, 7) is 2.02. The van der Waals surface area contributed by atoms with Crippen LogP contribution >= 0.6 is 0 Å². The molecule has 1 unspecified atom stereocenters. The van der Waals surface area contributed by atoms with Crippen molar-refractivity contribution in [2.75, 3.05) is 6.54 Å². The average molecular weight is 156 g/mol. The molecular formula is C7H10NO3-. The number of hydrogen-bond acceptors (Lipinski definition) is 3. The minimum absolute atomic E-state index is 0.0818. The fourth-order valence-electron chi connectivity index (χ4n) is 1.21. The van der Waals surface area contributed by atoms with Crippen LogP contribution in [0.25, 0.3) is 0 Å². The molecule has 1 atom stereocenters. The summed E-state index contributed by atoms with van der Waals surface area (Å²) >= 11 is 0. The van der Waals surface area contributed by atoms with Crippen molar-refractivity contribution in [3.8, 4) is 0 Å². The minimum atomic E-state index is -1.18. The van der Waals surface area contributed by atoms with Crippen molar-refractivity contribution in [2.24, 2.45) is 0 Å². The number of carbonyl (C=O) groups is 2. The van der Waals surface area contributed by atoms with Gasteiger partial charge in [0.25, 0.3) is 0 Å². The first kappa shape index (κ1) is 8.04. The van der Waals surface area contributed by atoms with Crippen LogP contribution in [0.1, 0.15) is 19.8 Å². The van der Waals surface area contributed by atoms with Crippen LogP contribution in [0.3, 0.4) is 0 Å². The van der Waals surface area contributed by atoms with Crippen LogP contribution in [0.4, 0.5) is 0 Å². The standard InChI is InChI=1S/C7H11NO3/c1-5(7(10)11)8-4-2-3-6(8)9/h5H,2-4H2,1H3,(H,10,11)/p-1. The summed E-state index contributed by atoms with van der Waals surface area (Å²) in [7, 11) is 0. The van der Waals surface area contributed by atoms with Gasteiger partial charge in [-0.25, -0.2) is 0 Å². The second-order valence-electron chi connectivity index (χ2n) is 2.69. The Bertz CT molecular complexity index is 190. The molecule has 0 aromatic heterocycles. The van der Waals surface area contributed by atoms with Gasteiger partial charge >= 0.3 is 0 Å². The van der Waals surface area contributed by atoms with Gasteiger partial charge in [-0.2, -0.15) is 0 Å². The summed E-state index contributed by atoms with van der Waals surface area (Å²) in [5, 5.41) is 10.3. The minimum Gasteiger partial charge on any atom is -0.548 e. The van der Waals surface area contributed by atoms with Crippen molar-refractivity contribution < 1.29 is 14.7 Å². The normalized spacial score (nSPS) is 20.5. The maximum absolute atomic E-state index is 11.0. The topological polar surface area (TPSA) is 60.4 Å². The van der Waals surface area contributed by atoms with Crippen LogP contribution in [0.2, 0.25) is 0 Å². The third-order valence-corrected chi connectivity index (χ3v) is 1.92. The summed E-state index contributed by atoms with van der Waals surface area (Å²) in [6.07, 6.45) is 1.23. The zero-order valence-corrected chi connectivity index (χ0v) is 6.37. The number of carbonyl (C=O) groups excluding carboxylic acids is 2. The van der Waals surface area contributed by atoms with Crippen LogP contribution < -0.4 is 5.11 Å². The van der Waals surface area contributed by atoms with Gasteiger partial charge in [-0.05, 0) is 13.3 Å². The molecule has 62 valence electrons. The lowest BCUT2D eigenvalue weighted by atomic mass is 10.3. The molecule has 1 fully saturated rings. The predicted molar refractivity (Wildman–Crippen MR) is 35.4 cm³/mol. The lowest BCUT2D eigenvalue weighted by Gasteiger charge is -2.24. The molecule has 1 saturated heterocycles. The molecule has 1 rings (SSSR count). The first-order chi connectivity index (χ1) is 5.13. The molecule has 0 bridgehead atoms. The van der Waals surface area contributed by atoms with E-state index >= 15 is 0 Å². The number of aliphatic carboxylic acids is 1. The van der Waals surface area contributed by atoms with Crippen LogP contribution in [0, 0.1) is 0 Å². The maximum atomic E-state index is 11.0. The van der Waals surface area contributed by atoms with Gasteiger partial charge in [0, 0.05) is 13.0 Å². The Morgan fingerprint density at radius 2 is 2.36 bits per heavy atom. The van der Waals surface area contributed by atoms with Crippen LogP contribution in [-0.4, -0.2) is 29.4 Å². The number of hydrogen-bond donors (Lipinski definition) is 0. The fraction of sp³-hybridized carbons (Fsp3) is 0.714. The molecule has 0 aromatic rings. The Labute approximate surface area is 64.8 Å². The van der Waals surface area contributed by atoms with Crippen molar-refractivity contribution >= 4 is 11.9 Å². The number of rotatable bonds is 2. The van der Waals surface area contributed by atoms with Crippen LogP contribution in [-0.2, 0) is 9.59 Å². The fourth-order valence-corrected chi connectivity index (χ4v) is 1.21. The number of likely N-dealkylation sites (tertiary alicyclic amines) is 1. The molecule has 0 N–H and O–H groups in total. The van der Waals surface area contributed by atoms with E-state index in [1.165, 1.54) is 11.8 Å². The Morgan fingerprint density at radius 3 is 2.73 bits per heavy atom. The van der Waals surface area contributed by atoms with Crippen molar-refractivity contribution in [3.05, 3.63) is 0 Å². The van der Waals surface area contributed by atoms with Crippen molar-refractivity contribution in [2.45, 2.75) is 25.8 Å². The Morgan fingerprint density at radius 1 is 1.73 bits per heavy atom. The van der Waals surface area contributed by atoms with Crippen LogP contribution in [0.15, 0.2) is 0 Å². The summed E-state index contributed by atoms with van der Waals surface area (Å²) in [4.78, 5) is 22.6. The Hall–Kier alpha value is -1.06. The van der Waals surface area contributed by atoms with E-state index in [1.54, 1.807) is 0 Å². The molecule has 1 amide bonds. The highest BCUT2D eigenvalue weighted by Crippen LogP contribution is 2.12. The largest absolute Gasteiger partial charge is 0.548 e. The van der Waals surface area contributed by atoms with Crippen molar-refractivity contribution in [1.82, 2.24) is 4.90 Å². The third kappa shape index (κ3) is 1.50. The molecule has 4 heteroatoms. The van der Waals surface area contributed by atoms with Gasteiger partial charge in [0.05, 0.1) is 12.0 Å². The number of nitrogens with zero attached hydrogens (tertiary/aromatic N) is 1. The highest BCUT2D eigenvalue weighted by atomic mass is 16.4. The molecule has 11 heavy (non-hydrogen) atoms. The number of amides is 1. The molecule has 0 saturated carbocycles. The van der Waals surface area contributed by atoms with Gasteiger partial charge < -0.3 is 14.8 Å². The molecule has 0 radical (unpaired) electrons. The van der Waals surface area contributed by atoms with Gasteiger partial charge in [0.1, 0.15) is 0 Å². The molecule has 0 spiro atoms. The van der Waals surface area contributed by atoms with E-state index in [2.05, 4.69) is 0 Å². The lowest BCUT2D eigenvalue weighted by Crippen LogP contribution is -2.46. The van der Waals surface area contributed by atoms with Gasteiger partial charge in [-0.3, -0.25) is 4.79 Å². The second kappa shape index (κ2) is 2.90. The molecule has 1 aliphatic rings. The summed E-state index contributed by atoms with van der Waals surface area (Å²) in [6, 6.07) is -0.773. The predicted octanol–water partition coefficient (Wildman–Crippen LogP) is -1.25. The SMILES string of the molecule is CC(C(=O)[O-])N1CCCC1=O. The van der Waals surface area contributed by atoms with Crippen molar-refractivity contribution in [1.29, 1.82) is 0 Å². The molecule has 0 aliphatic carbocycles. The molecule has 1 heterocycles. The monoisotopic (exact) mass is 156 g/mol. The third-order valence-electron chi connectivity index (χ3n) is 1.92. The van der Waals surface area contributed by atoms with E-state index in [1.807, 2.05) is 0 Å². The molecule has 0 aromatic carbocycles. The molecular weight excluding hydrogens is 146 g/mol.